The van der Waals surface area contributed by atoms with Crippen LogP contribution in [0.25, 0.3) is 10.8 Å². The molecule has 2 heterocycles. The Hall–Kier alpha value is -1.20. The topological polar surface area (TPSA) is 51.0 Å². The number of nitrogens with zero attached hydrogens (tertiary/aromatic N) is 2. The van der Waals surface area contributed by atoms with E-state index < -0.39 is 0 Å². The Morgan fingerprint density at radius 1 is 1.32 bits per heavy atom. The molecular weight excluding hydrogens is 258 g/mol. The SMILES string of the molecule is c1c(-c2nc(CNC3CC3)no2)sc2c1CCCC2. The molecule has 100 valence electrons. The molecule has 0 amide bonds. The fourth-order valence-corrected chi connectivity index (χ4v) is 3.72. The van der Waals surface area contributed by atoms with Gasteiger partial charge in [0, 0.05) is 10.9 Å². The molecule has 0 spiro atoms. The van der Waals surface area contributed by atoms with Crippen LogP contribution in [-0.4, -0.2) is 16.2 Å². The van der Waals surface area contributed by atoms with Crippen molar-refractivity contribution >= 4 is 11.3 Å². The molecule has 0 bridgehead atoms. The lowest BCUT2D eigenvalue weighted by Crippen LogP contribution is -2.16. The number of hydrogen-bond acceptors (Lipinski definition) is 5. The highest BCUT2D eigenvalue weighted by molar-refractivity contribution is 7.15. The second kappa shape index (κ2) is 4.72. The van der Waals surface area contributed by atoms with Crippen LogP contribution in [0, 0.1) is 0 Å². The van der Waals surface area contributed by atoms with E-state index in [4.69, 9.17) is 4.52 Å². The van der Waals surface area contributed by atoms with Gasteiger partial charge in [0.25, 0.3) is 5.89 Å². The Kier molecular flexibility index (Phi) is 2.89. The molecule has 0 aromatic carbocycles. The van der Waals surface area contributed by atoms with E-state index in [2.05, 4.69) is 21.5 Å². The summed E-state index contributed by atoms with van der Waals surface area (Å²) < 4.78 is 5.39. The van der Waals surface area contributed by atoms with Gasteiger partial charge < -0.3 is 9.84 Å². The smallest absolute Gasteiger partial charge is 0.268 e. The van der Waals surface area contributed by atoms with Crippen molar-refractivity contribution in [2.45, 2.75) is 51.1 Å². The molecule has 0 aliphatic heterocycles. The van der Waals surface area contributed by atoms with Crippen molar-refractivity contribution in [3.8, 4) is 10.8 Å². The average molecular weight is 275 g/mol. The lowest BCUT2D eigenvalue weighted by atomic mass is 9.99. The van der Waals surface area contributed by atoms with Crippen molar-refractivity contribution < 1.29 is 4.52 Å². The minimum absolute atomic E-state index is 0.677. The maximum Gasteiger partial charge on any atom is 0.268 e. The first-order valence-electron chi connectivity index (χ1n) is 7.06. The van der Waals surface area contributed by atoms with Gasteiger partial charge in [-0.3, -0.25) is 0 Å². The normalized spacial score (nSPS) is 18.5. The van der Waals surface area contributed by atoms with Gasteiger partial charge in [0.15, 0.2) is 5.82 Å². The summed E-state index contributed by atoms with van der Waals surface area (Å²) in [5, 5.41) is 7.46. The van der Waals surface area contributed by atoms with E-state index >= 15 is 0 Å². The quantitative estimate of drug-likeness (QED) is 0.932. The lowest BCUT2D eigenvalue weighted by Gasteiger charge is -2.08. The van der Waals surface area contributed by atoms with Crippen molar-refractivity contribution in [1.82, 2.24) is 15.5 Å². The van der Waals surface area contributed by atoms with Gasteiger partial charge in [-0.2, -0.15) is 4.98 Å². The van der Waals surface area contributed by atoms with E-state index in [0.29, 0.717) is 11.9 Å². The van der Waals surface area contributed by atoms with E-state index in [-0.39, 0.29) is 0 Å². The maximum absolute atomic E-state index is 5.39. The van der Waals surface area contributed by atoms with Crippen LogP contribution in [0.3, 0.4) is 0 Å². The number of aryl methyl sites for hydroxylation is 2. The van der Waals surface area contributed by atoms with Crippen LogP contribution in [-0.2, 0) is 19.4 Å². The number of thiophene rings is 1. The first-order valence-corrected chi connectivity index (χ1v) is 7.88. The molecule has 2 aliphatic carbocycles. The third-order valence-corrected chi connectivity index (χ3v) is 5.03. The molecule has 5 heteroatoms. The average Bonchev–Trinajstić information content (AvgIpc) is 2.99. The predicted molar refractivity (Wildman–Crippen MR) is 74.1 cm³/mol. The van der Waals surface area contributed by atoms with Crippen LogP contribution in [0.2, 0.25) is 0 Å². The maximum atomic E-state index is 5.39. The van der Waals surface area contributed by atoms with Crippen molar-refractivity contribution in [3.05, 3.63) is 22.3 Å². The highest BCUT2D eigenvalue weighted by Crippen LogP contribution is 2.34. The molecule has 4 rings (SSSR count). The molecule has 0 unspecified atom stereocenters. The molecule has 2 aliphatic rings. The molecule has 1 fully saturated rings. The van der Waals surface area contributed by atoms with Crippen molar-refractivity contribution in [3.63, 3.8) is 0 Å². The van der Waals surface area contributed by atoms with E-state index in [9.17, 15) is 0 Å². The monoisotopic (exact) mass is 275 g/mol. The largest absolute Gasteiger partial charge is 0.333 e. The second-order valence-electron chi connectivity index (χ2n) is 5.44. The Morgan fingerprint density at radius 2 is 2.21 bits per heavy atom. The molecular formula is C14H17N3OS. The Labute approximate surface area is 116 Å². The van der Waals surface area contributed by atoms with Gasteiger partial charge in [-0.1, -0.05) is 5.16 Å². The number of hydrogen-bond donors (Lipinski definition) is 1. The van der Waals surface area contributed by atoms with Crippen LogP contribution >= 0.6 is 11.3 Å². The first kappa shape index (κ1) is 11.6. The van der Waals surface area contributed by atoms with E-state index in [1.165, 1.54) is 49.0 Å². The number of nitrogens with one attached hydrogen (secondary N) is 1. The van der Waals surface area contributed by atoms with Crippen LogP contribution in [0.1, 0.15) is 41.9 Å². The van der Waals surface area contributed by atoms with Gasteiger partial charge in [-0.15, -0.1) is 11.3 Å². The predicted octanol–water partition coefficient (Wildman–Crippen LogP) is 2.93. The summed E-state index contributed by atoms with van der Waals surface area (Å²) >= 11 is 1.82. The first-order chi connectivity index (χ1) is 9.38. The summed E-state index contributed by atoms with van der Waals surface area (Å²) in [5.74, 6) is 1.46. The number of rotatable bonds is 4. The van der Waals surface area contributed by atoms with Gasteiger partial charge in [-0.25, -0.2) is 0 Å². The fraction of sp³-hybridized carbons (Fsp3) is 0.571. The summed E-state index contributed by atoms with van der Waals surface area (Å²) in [6, 6.07) is 2.92. The molecule has 2 aromatic rings. The minimum Gasteiger partial charge on any atom is -0.333 e. The van der Waals surface area contributed by atoms with Gasteiger partial charge in [0.1, 0.15) is 0 Å². The molecule has 4 nitrogen and oxygen atoms in total. The molecule has 2 aromatic heterocycles. The second-order valence-corrected chi connectivity index (χ2v) is 6.57. The Bertz CT molecular complexity index is 562. The van der Waals surface area contributed by atoms with Crippen molar-refractivity contribution in [2.24, 2.45) is 0 Å². The Balaban J connectivity index is 1.52. The molecule has 0 atom stereocenters. The van der Waals surface area contributed by atoms with Crippen LogP contribution in [0.4, 0.5) is 0 Å². The molecule has 1 saturated carbocycles. The number of fused-ring (bicyclic) bond motifs is 1. The zero-order chi connectivity index (χ0) is 12.7. The van der Waals surface area contributed by atoms with Gasteiger partial charge >= 0.3 is 0 Å². The van der Waals surface area contributed by atoms with E-state index in [1.807, 2.05) is 11.3 Å². The van der Waals surface area contributed by atoms with Crippen molar-refractivity contribution in [1.29, 1.82) is 0 Å². The summed E-state index contributed by atoms with van der Waals surface area (Å²) in [7, 11) is 0. The van der Waals surface area contributed by atoms with Crippen LogP contribution < -0.4 is 5.32 Å². The third kappa shape index (κ3) is 2.44. The zero-order valence-electron chi connectivity index (χ0n) is 10.8. The lowest BCUT2D eigenvalue weighted by molar-refractivity contribution is 0.420. The van der Waals surface area contributed by atoms with Crippen LogP contribution in [0.5, 0.6) is 0 Å². The molecule has 19 heavy (non-hydrogen) atoms. The standard InChI is InChI=1S/C14H17N3OS/c1-2-4-11-9(3-1)7-12(19-11)14-16-13(17-18-14)8-15-10-5-6-10/h7,10,15H,1-6,8H2. The highest BCUT2D eigenvalue weighted by atomic mass is 32.1. The molecule has 1 N–H and O–H groups in total. The fourth-order valence-electron chi connectivity index (χ4n) is 2.54. The molecule has 0 radical (unpaired) electrons. The van der Waals surface area contributed by atoms with E-state index in [0.717, 1.165) is 17.2 Å². The van der Waals surface area contributed by atoms with Gasteiger partial charge in [-0.05, 0) is 50.2 Å². The van der Waals surface area contributed by atoms with Gasteiger partial charge in [0.05, 0.1) is 11.4 Å². The van der Waals surface area contributed by atoms with E-state index in [1.54, 1.807) is 0 Å². The number of aromatic nitrogens is 2. The minimum atomic E-state index is 0.677. The molecule has 0 saturated heterocycles. The van der Waals surface area contributed by atoms with Crippen molar-refractivity contribution in [2.75, 3.05) is 0 Å². The summed E-state index contributed by atoms with van der Waals surface area (Å²) in [6.45, 7) is 0.721. The third-order valence-electron chi connectivity index (χ3n) is 3.80. The highest BCUT2D eigenvalue weighted by Gasteiger charge is 2.22. The summed E-state index contributed by atoms with van der Waals surface area (Å²) in [5.41, 5.74) is 1.49. The summed E-state index contributed by atoms with van der Waals surface area (Å²) in [4.78, 5) is 7.14. The van der Waals surface area contributed by atoms with Gasteiger partial charge in [0.2, 0.25) is 0 Å². The zero-order valence-corrected chi connectivity index (χ0v) is 11.6. The van der Waals surface area contributed by atoms with Crippen LogP contribution in [0.15, 0.2) is 10.6 Å². The Morgan fingerprint density at radius 3 is 3.05 bits per heavy atom. The summed E-state index contributed by atoms with van der Waals surface area (Å²) in [6.07, 6.45) is 7.60.